The summed E-state index contributed by atoms with van der Waals surface area (Å²) < 4.78 is 1.07. The van der Waals surface area contributed by atoms with E-state index in [1.54, 1.807) is 30.4 Å². The summed E-state index contributed by atoms with van der Waals surface area (Å²) in [6.07, 6.45) is 0.473. The summed E-state index contributed by atoms with van der Waals surface area (Å²) in [5, 5.41) is 3.81. The average molecular weight is 328 g/mol. The smallest absolute Gasteiger partial charge is 0.251 e. The molecule has 0 saturated heterocycles. The number of aromatic nitrogens is 3. The van der Waals surface area contributed by atoms with Crippen LogP contribution in [-0.4, -0.2) is 27.4 Å². The van der Waals surface area contributed by atoms with Crippen LogP contribution in [0.15, 0.2) is 29.1 Å². The molecule has 2 N–H and O–H groups in total. The summed E-state index contributed by atoms with van der Waals surface area (Å²) in [6, 6.07) is 6.94. The van der Waals surface area contributed by atoms with E-state index in [0.717, 1.165) is 15.2 Å². The molecule has 1 amide bonds. The summed E-state index contributed by atoms with van der Waals surface area (Å²) in [7, 11) is 0. The van der Waals surface area contributed by atoms with Crippen molar-refractivity contribution in [2.24, 2.45) is 0 Å². The molecule has 0 bridgehead atoms. The van der Waals surface area contributed by atoms with Gasteiger partial charge in [0.05, 0.1) is 15.2 Å². The standard InChI is InChI=1S/C16H16N4O2S/c1-9-7-15(21)20-14(18-9)5-6-17-16(22)11-3-4-13-12(8-11)19-10(2)23-13/h3-4,7-8H,5-6H2,1-2H3,(H,17,22)(H,18,20,21). The Hall–Kier alpha value is -2.54. The molecule has 2 aromatic heterocycles. The van der Waals surface area contributed by atoms with E-state index < -0.39 is 0 Å². The van der Waals surface area contributed by atoms with Gasteiger partial charge < -0.3 is 10.3 Å². The fourth-order valence-electron chi connectivity index (χ4n) is 2.34. The lowest BCUT2D eigenvalue weighted by atomic mass is 10.2. The predicted octanol–water partition coefficient (Wildman–Crippen LogP) is 1.97. The summed E-state index contributed by atoms with van der Waals surface area (Å²) in [5.41, 5.74) is 1.90. The highest BCUT2D eigenvalue weighted by atomic mass is 32.1. The van der Waals surface area contributed by atoms with Crippen LogP contribution in [-0.2, 0) is 6.42 Å². The number of benzene rings is 1. The van der Waals surface area contributed by atoms with Gasteiger partial charge in [-0.3, -0.25) is 9.59 Å². The first-order chi connectivity index (χ1) is 11.0. The molecule has 0 fully saturated rings. The fourth-order valence-corrected chi connectivity index (χ4v) is 3.15. The number of carbonyl (C=O) groups excluding carboxylic acids is 1. The Kier molecular flexibility index (Phi) is 4.20. The Morgan fingerprint density at radius 1 is 1.26 bits per heavy atom. The number of carbonyl (C=O) groups is 1. The lowest BCUT2D eigenvalue weighted by Gasteiger charge is -2.05. The Labute approximate surface area is 136 Å². The van der Waals surface area contributed by atoms with Crippen molar-refractivity contribution in [2.75, 3.05) is 6.54 Å². The van der Waals surface area contributed by atoms with Crippen molar-refractivity contribution in [2.45, 2.75) is 20.3 Å². The SMILES string of the molecule is Cc1cc(=O)[nH]c(CCNC(=O)c2ccc3sc(C)nc3c2)n1. The van der Waals surface area contributed by atoms with Gasteiger partial charge in [-0.1, -0.05) is 0 Å². The van der Waals surface area contributed by atoms with E-state index in [1.165, 1.54) is 6.07 Å². The van der Waals surface area contributed by atoms with Crippen LogP contribution < -0.4 is 10.9 Å². The minimum atomic E-state index is -0.178. The summed E-state index contributed by atoms with van der Waals surface area (Å²) in [4.78, 5) is 34.8. The minimum Gasteiger partial charge on any atom is -0.352 e. The number of nitrogens with one attached hydrogen (secondary N) is 2. The number of fused-ring (bicyclic) bond motifs is 1. The molecular formula is C16H16N4O2S. The maximum atomic E-state index is 12.2. The number of aryl methyl sites for hydroxylation is 2. The molecule has 1 aromatic carbocycles. The molecule has 3 rings (SSSR count). The molecule has 2 heterocycles. The number of hydrogen-bond donors (Lipinski definition) is 2. The molecular weight excluding hydrogens is 312 g/mol. The van der Waals surface area contributed by atoms with Crippen molar-refractivity contribution in [1.82, 2.24) is 20.3 Å². The zero-order valence-corrected chi connectivity index (χ0v) is 13.7. The van der Waals surface area contributed by atoms with Crippen LogP contribution in [0.1, 0.15) is 26.9 Å². The average Bonchev–Trinajstić information content (AvgIpc) is 2.85. The number of thiazole rings is 1. The molecule has 7 heteroatoms. The van der Waals surface area contributed by atoms with Crippen molar-refractivity contribution < 1.29 is 4.79 Å². The fraction of sp³-hybridized carbons (Fsp3) is 0.250. The van der Waals surface area contributed by atoms with E-state index >= 15 is 0 Å². The van der Waals surface area contributed by atoms with Gasteiger partial charge in [-0.2, -0.15) is 0 Å². The van der Waals surface area contributed by atoms with Gasteiger partial charge in [-0.15, -0.1) is 11.3 Å². The van der Waals surface area contributed by atoms with Crippen LogP contribution >= 0.6 is 11.3 Å². The maximum absolute atomic E-state index is 12.2. The van der Waals surface area contributed by atoms with Crippen molar-refractivity contribution >= 4 is 27.5 Å². The molecule has 6 nitrogen and oxygen atoms in total. The third-order valence-corrected chi connectivity index (χ3v) is 4.27. The normalized spacial score (nSPS) is 10.9. The predicted molar refractivity (Wildman–Crippen MR) is 90.0 cm³/mol. The first-order valence-corrected chi connectivity index (χ1v) is 8.05. The van der Waals surface area contributed by atoms with Crippen LogP contribution in [0.4, 0.5) is 0 Å². The summed E-state index contributed by atoms with van der Waals surface area (Å²) >= 11 is 1.61. The molecule has 0 radical (unpaired) electrons. The van der Waals surface area contributed by atoms with Crippen LogP contribution in [0, 0.1) is 13.8 Å². The molecule has 0 spiro atoms. The van der Waals surface area contributed by atoms with Gasteiger partial charge >= 0.3 is 0 Å². The largest absolute Gasteiger partial charge is 0.352 e. The zero-order chi connectivity index (χ0) is 16.4. The number of nitrogens with zero attached hydrogens (tertiary/aromatic N) is 2. The quantitative estimate of drug-likeness (QED) is 0.766. The first-order valence-electron chi connectivity index (χ1n) is 7.23. The van der Waals surface area contributed by atoms with Crippen molar-refractivity contribution in [3.63, 3.8) is 0 Å². The molecule has 0 aliphatic heterocycles. The molecule has 0 unspecified atom stereocenters. The second kappa shape index (κ2) is 6.29. The molecule has 0 aliphatic rings. The Balaban J connectivity index is 1.65. The number of amides is 1. The Bertz CT molecular complexity index is 929. The van der Waals surface area contributed by atoms with Gasteiger partial charge in [-0.25, -0.2) is 9.97 Å². The van der Waals surface area contributed by atoms with Gasteiger partial charge in [0.2, 0.25) is 0 Å². The van der Waals surface area contributed by atoms with Crippen molar-refractivity contribution in [3.05, 3.63) is 56.7 Å². The molecule has 0 aliphatic carbocycles. The number of aromatic amines is 1. The number of rotatable bonds is 4. The number of hydrogen-bond acceptors (Lipinski definition) is 5. The second-order valence-corrected chi connectivity index (χ2v) is 6.49. The van der Waals surface area contributed by atoms with Crippen LogP contribution in [0.2, 0.25) is 0 Å². The second-order valence-electron chi connectivity index (χ2n) is 5.25. The lowest BCUT2D eigenvalue weighted by molar-refractivity contribution is 0.0954. The molecule has 118 valence electrons. The monoisotopic (exact) mass is 328 g/mol. The maximum Gasteiger partial charge on any atom is 0.251 e. The Morgan fingerprint density at radius 3 is 2.87 bits per heavy atom. The van der Waals surface area contributed by atoms with E-state index in [1.807, 2.05) is 13.0 Å². The van der Waals surface area contributed by atoms with E-state index in [0.29, 0.717) is 30.0 Å². The van der Waals surface area contributed by atoms with E-state index in [2.05, 4.69) is 20.3 Å². The van der Waals surface area contributed by atoms with Crippen LogP contribution in [0.5, 0.6) is 0 Å². The van der Waals surface area contributed by atoms with E-state index in [9.17, 15) is 9.59 Å². The third kappa shape index (κ3) is 3.62. The zero-order valence-electron chi connectivity index (χ0n) is 12.8. The molecule has 3 aromatic rings. The third-order valence-electron chi connectivity index (χ3n) is 3.32. The van der Waals surface area contributed by atoms with Gasteiger partial charge in [-0.05, 0) is 32.0 Å². The highest BCUT2D eigenvalue weighted by Crippen LogP contribution is 2.22. The topological polar surface area (TPSA) is 87.7 Å². The molecule has 0 atom stereocenters. The van der Waals surface area contributed by atoms with Crippen molar-refractivity contribution in [1.29, 1.82) is 0 Å². The Morgan fingerprint density at radius 2 is 2.09 bits per heavy atom. The van der Waals surface area contributed by atoms with Gasteiger partial charge in [0.1, 0.15) is 5.82 Å². The summed E-state index contributed by atoms with van der Waals surface area (Å²) in [6.45, 7) is 4.11. The number of H-pyrrole nitrogens is 1. The van der Waals surface area contributed by atoms with E-state index in [4.69, 9.17) is 0 Å². The van der Waals surface area contributed by atoms with Gasteiger partial charge in [0, 0.05) is 30.3 Å². The highest BCUT2D eigenvalue weighted by Gasteiger charge is 2.08. The molecule has 0 saturated carbocycles. The van der Waals surface area contributed by atoms with Gasteiger partial charge in [0.25, 0.3) is 11.5 Å². The highest BCUT2D eigenvalue weighted by molar-refractivity contribution is 7.18. The van der Waals surface area contributed by atoms with Crippen molar-refractivity contribution in [3.8, 4) is 0 Å². The van der Waals surface area contributed by atoms with Crippen LogP contribution in [0.25, 0.3) is 10.2 Å². The summed E-state index contributed by atoms with van der Waals surface area (Å²) in [5.74, 6) is 0.411. The molecule has 23 heavy (non-hydrogen) atoms. The lowest BCUT2D eigenvalue weighted by Crippen LogP contribution is -2.26. The first kappa shape index (κ1) is 15.4. The van der Waals surface area contributed by atoms with Gasteiger partial charge in [0.15, 0.2) is 0 Å². The van der Waals surface area contributed by atoms with Crippen LogP contribution in [0.3, 0.4) is 0 Å². The van der Waals surface area contributed by atoms with E-state index in [-0.39, 0.29) is 11.5 Å². The minimum absolute atomic E-state index is 0.160.